The highest BCUT2D eigenvalue weighted by molar-refractivity contribution is 8.00. The molecule has 0 radical (unpaired) electrons. The summed E-state index contributed by atoms with van der Waals surface area (Å²) in [6.07, 6.45) is 0. The van der Waals surface area contributed by atoms with Crippen LogP contribution in [-0.2, 0) is 4.79 Å². The van der Waals surface area contributed by atoms with Crippen molar-refractivity contribution in [2.75, 3.05) is 0 Å². The van der Waals surface area contributed by atoms with Gasteiger partial charge in [0.05, 0.1) is 21.8 Å². The van der Waals surface area contributed by atoms with Crippen molar-refractivity contribution < 1.29 is 4.79 Å². The molecule has 1 N–H and O–H groups in total. The first-order valence-electron chi connectivity index (χ1n) is 9.34. The first kappa shape index (κ1) is 20.1. The summed E-state index contributed by atoms with van der Waals surface area (Å²) < 4.78 is 1.61. The van der Waals surface area contributed by atoms with Gasteiger partial charge in [-0.25, -0.2) is 4.98 Å². The molecule has 2 aromatic carbocycles. The van der Waals surface area contributed by atoms with Crippen molar-refractivity contribution in [1.82, 2.24) is 14.9 Å². The maximum absolute atomic E-state index is 13.3. The second-order valence-electron chi connectivity index (χ2n) is 7.24. The zero-order valence-electron chi connectivity index (χ0n) is 16.8. The van der Waals surface area contributed by atoms with Crippen LogP contribution in [0.5, 0.6) is 0 Å². The molecule has 0 spiro atoms. The third-order valence-electron chi connectivity index (χ3n) is 4.58. The number of hydrogen-bond acceptors (Lipinski definition) is 4. The van der Waals surface area contributed by atoms with Crippen molar-refractivity contribution in [3.8, 4) is 5.69 Å². The van der Waals surface area contributed by atoms with E-state index in [1.807, 2.05) is 71.0 Å². The summed E-state index contributed by atoms with van der Waals surface area (Å²) in [6, 6.07) is 13.3. The molecule has 1 atom stereocenters. The lowest BCUT2D eigenvalue weighted by Gasteiger charge is -2.18. The third-order valence-corrected chi connectivity index (χ3v) is 5.63. The number of rotatable bonds is 5. The molecule has 0 saturated heterocycles. The van der Waals surface area contributed by atoms with Crippen molar-refractivity contribution >= 4 is 28.6 Å². The van der Waals surface area contributed by atoms with Gasteiger partial charge in [0.25, 0.3) is 5.56 Å². The van der Waals surface area contributed by atoms with Crippen LogP contribution in [0, 0.1) is 13.8 Å². The van der Waals surface area contributed by atoms with Crippen LogP contribution >= 0.6 is 11.8 Å². The molecule has 28 heavy (non-hydrogen) atoms. The van der Waals surface area contributed by atoms with Crippen molar-refractivity contribution in [3.05, 3.63) is 63.9 Å². The molecule has 0 fully saturated rings. The summed E-state index contributed by atoms with van der Waals surface area (Å²) in [7, 11) is 0. The second kappa shape index (κ2) is 8.19. The lowest BCUT2D eigenvalue weighted by atomic mass is 10.1. The highest BCUT2D eigenvalue weighted by Crippen LogP contribution is 2.26. The normalized spacial score (nSPS) is 12.4. The van der Waals surface area contributed by atoms with Gasteiger partial charge in [0.1, 0.15) is 0 Å². The van der Waals surface area contributed by atoms with Crippen LogP contribution in [0.25, 0.3) is 16.6 Å². The molecule has 3 aromatic rings. The number of nitrogens with zero attached hydrogens (tertiary/aromatic N) is 2. The van der Waals surface area contributed by atoms with Crippen LogP contribution in [0.3, 0.4) is 0 Å². The Labute approximate surface area is 169 Å². The van der Waals surface area contributed by atoms with Gasteiger partial charge in [0, 0.05) is 6.04 Å². The van der Waals surface area contributed by atoms with Gasteiger partial charge in [0.2, 0.25) is 5.91 Å². The van der Waals surface area contributed by atoms with Crippen LogP contribution in [-0.4, -0.2) is 26.8 Å². The molecule has 1 unspecified atom stereocenters. The van der Waals surface area contributed by atoms with E-state index in [0.29, 0.717) is 16.1 Å². The van der Waals surface area contributed by atoms with Gasteiger partial charge in [-0.2, -0.15) is 0 Å². The number of carbonyl (C=O) groups is 1. The first-order chi connectivity index (χ1) is 13.3. The van der Waals surface area contributed by atoms with E-state index in [1.165, 1.54) is 11.8 Å². The Morgan fingerprint density at radius 3 is 2.46 bits per heavy atom. The molecule has 0 bridgehead atoms. The number of carbonyl (C=O) groups excluding carboxylic acids is 1. The van der Waals surface area contributed by atoms with E-state index in [9.17, 15) is 9.59 Å². The molecular weight excluding hydrogens is 370 g/mol. The average molecular weight is 396 g/mol. The Morgan fingerprint density at radius 1 is 1.07 bits per heavy atom. The fourth-order valence-corrected chi connectivity index (χ4v) is 3.83. The number of thioether (sulfide) groups is 1. The molecule has 0 aliphatic heterocycles. The Bertz CT molecular complexity index is 1090. The molecule has 146 valence electrons. The van der Waals surface area contributed by atoms with Gasteiger partial charge in [-0.15, -0.1) is 0 Å². The number of aromatic nitrogens is 2. The second-order valence-corrected chi connectivity index (χ2v) is 8.55. The van der Waals surface area contributed by atoms with Gasteiger partial charge in [-0.3, -0.25) is 14.2 Å². The predicted molar refractivity (Wildman–Crippen MR) is 115 cm³/mol. The minimum Gasteiger partial charge on any atom is -0.353 e. The summed E-state index contributed by atoms with van der Waals surface area (Å²) in [4.78, 5) is 30.4. The zero-order valence-corrected chi connectivity index (χ0v) is 17.6. The van der Waals surface area contributed by atoms with Crippen LogP contribution < -0.4 is 10.9 Å². The Morgan fingerprint density at radius 2 is 1.79 bits per heavy atom. The van der Waals surface area contributed by atoms with Gasteiger partial charge in [-0.1, -0.05) is 30.0 Å². The van der Waals surface area contributed by atoms with Gasteiger partial charge >= 0.3 is 0 Å². The topological polar surface area (TPSA) is 64.0 Å². The Kier molecular flexibility index (Phi) is 5.89. The quantitative estimate of drug-likeness (QED) is 0.524. The Balaban J connectivity index is 2.15. The van der Waals surface area contributed by atoms with Crippen molar-refractivity contribution in [3.63, 3.8) is 0 Å². The minimum absolute atomic E-state index is 0.0575. The summed E-state index contributed by atoms with van der Waals surface area (Å²) in [5.74, 6) is -0.0750. The van der Waals surface area contributed by atoms with E-state index in [-0.39, 0.29) is 22.8 Å². The fourth-order valence-electron chi connectivity index (χ4n) is 2.90. The number of nitrogens with one attached hydrogen (secondary N) is 1. The lowest BCUT2D eigenvalue weighted by Crippen LogP contribution is -2.36. The van der Waals surface area contributed by atoms with E-state index >= 15 is 0 Å². The molecule has 1 heterocycles. The molecule has 5 nitrogen and oxygen atoms in total. The highest BCUT2D eigenvalue weighted by Gasteiger charge is 2.20. The summed E-state index contributed by atoms with van der Waals surface area (Å²) >= 11 is 1.29. The number of aryl methyl sites for hydroxylation is 2. The van der Waals surface area contributed by atoms with Crippen molar-refractivity contribution in [2.45, 2.75) is 51.1 Å². The van der Waals surface area contributed by atoms with Crippen molar-refractivity contribution in [1.29, 1.82) is 0 Å². The standard InChI is InChI=1S/C22H25N3O2S/c1-13(2)23-20(26)16(5)28-22-24-19-9-7-6-8-18(19)21(27)25(22)17-11-10-14(3)15(4)12-17/h6-13,16H,1-5H3,(H,23,26). The van der Waals surface area contributed by atoms with Gasteiger partial charge in [-0.05, 0) is 70.0 Å². The average Bonchev–Trinajstić information content (AvgIpc) is 2.64. The third kappa shape index (κ3) is 4.12. The minimum atomic E-state index is -0.381. The highest BCUT2D eigenvalue weighted by atomic mass is 32.2. The Hall–Kier alpha value is -2.60. The molecule has 0 saturated carbocycles. The molecule has 3 rings (SSSR count). The fraction of sp³-hybridized carbons (Fsp3) is 0.318. The number of hydrogen-bond donors (Lipinski definition) is 1. The number of para-hydroxylation sites is 1. The van der Waals surface area contributed by atoms with E-state index in [4.69, 9.17) is 4.98 Å². The summed E-state index contributed by atoms with van der Waals surface area (Å²) in [5, 5.41) is 3.61. The number of amides is 1. The van der Waals surface area contributed by atoms with Crippen LogP contribution in [0.4, 0.5) is 0 Å². The van der Waals surface area contributed by atoms with Crippen LogP contribution in [0.15, 0.2) is 52.4 Å². The molecule has 6 heteroatoms. The van der Waals surface area contributed by atoms with E-state index in [0.717, 1.165) is 16.8 Å². The van der Waals surface area contributed by atoms with Gasteiger partial charge in [0.15, 0.2) is 5.16 Å². The van der Waals surface area contributed by atoms with E-state index in [1.54, 1.807) is 10.6 Å². The zero-order chi connectivity index (χ0) is 20.4. The van der Waals surface area contributed by atoms with Crippen molar-refractivity contribution in [2.24, 2.45) is 0 Å². The summed E-state index contributed by atoms with van der Waals surface area (Å²) in [6.45, 7) is 9.73. The molecular formula is C22H25N3O2S. The SMILES string of the molecule is Cc1ccc(-n2c(SC(C)C(=O)NC(C)C)nc3ccccc3c2=O)cc1C. The van der Waals surface area contributed by atoms with E-state index < -0.39 is 0 Å². The van der Waals surface area contributed by atoms with Gasteiger partial charge < -0.3 is 5.32 Å². The van der Waals surface area contributed by atoms with Crippen LogP contribution in [0.2, 0.25) is 0 Å². The van der Waals surface area contributed by atoms with E-state index in [2.05, 4.69) is 5.32 Å². The maximum atomic E-state index is 13.3. The first-order valence-corrected chi connectivity index (χ1v) is 10.2. The lowest BCUT2D eigenvalue weighted by molar-refractivity contribution is -0.120. The monoisotopic (exact) mass is 395 g/mol. The number of fused-ring (bicyclic) bond motifs is 1. The summed E-state index contributed by atoms with van der Waals surface area (Å²) in [5.41, 5.74) is 3.51. The molecule has 0 aliphatic rings. The number of benzene rings is 2. The molecule has 1 amide bonds. The van der Waals surface area contributed by atoms with Crippen LogP contribution in [0.1, 0.15) is 31.9 Å². The maximum Gasteiger partial charge on any atom is 0.266 e. The molecule has 1 aromatic heterocycles. The smallest absolute Gasteiger partial charge is 0.266 e. The predicted octanol–water partition coefficient (Wildman–Crippen LogP) is 4.01. The molecule has 0 aliphatic carbocycles. The largest absolute Gasteiger partial charge is 0.353 e.